The molecule has 3 aromatic heterocycles. The molecule has 2 atom stereocenters. The average Bonchev–Trinajstić information content (AvgIpc) is 3.56. The monoisotopic (exact) mass is 491 g/mol. The number of anilines is 2. The summed E-state index contributed by atoms with van der Waals surface area (Å²) in [5.74, 6) is 1.43. The zero-order valence-corrected chi connectivity index (χ0v) is 21.2. The highest BCUT2D eigenvalue weighted by atomic mass is 16.6. The van der Waals surface area contributed by atoms with Gasteiger partial charge in [0, 0.05) is 36.6 Å². The lowest BCUT2D eigenvalue weighted by Gasteiger charge is -2.39. The summed E-state index contributed by atoms with van der Waals surface area (Å²) in [6.45, 7) is 9.07. The van der Waals surface area contributed by atoms with Crippen LogP contribution < -0.4 is 15.5 Å². The fourth-order valence-electron chi connectivity index (χ4n) is 4.71. The van der Waals surface area contributed by atoms with E-state index in [1.54, 1.807) is 18.5 Å². The summed E-state index contributed by atoms with van der Waals surface area (Å²) in [5.41, 5.74) is 1.64. The molecule has 2 unspecified atom stereocenters. The predicted molar refractivity (Wildman–Crippen MR) is 137 cm³/mol. The number of ether oxygens (including phenoxy) is 1. The van der Waals surface area contributed by atoms with E-state index in [0.717, 1.165) is 42.6 Å². The number of carbonyl (C=O) groups excluding carboxylic acids is 2. The van der Waals surface area contributed by atoms with E-state index in [1.165, 1.54) is 0 Å². The Morgan fingerprint density at radius 2 is 1.97 bits per heavy atom. The van der Waals surface area contributed by atoms with Crippen molar-refractivity contribution in [2.75, 3.05) is 23.3 Å². The molecule has 0 spiro atoms. The van der Waals surface area contributed by atoms with Crippen LogP contribution in [0.3, 0.4) is 0 Å². The van der Waals surface area contributed by atoms with Gasteiger partial charge in [-0.2, -0.15) is 0 Å². The number of carbonyl (C=O) groups is 2. The maximum atomic E-state index is 13.1. The first-order valence-electron chi connectivity index (χ1n) is 12.5. The maximum absolute atomic E-state index is 13.1. The standard InChI is InChI=1S/C27H33N5O4/c1-16-11-19(29-26(34)36-27(2,3)4)15-32(14-16)22-9-10-28-13-21(22)30-24(33)20-8-7-18-12-23(17-5-6-17)35-25(18)31-20/h7-10,12-13,16-17,19H,5-6,11,14-15H2,1-4H3,(H,29,34)(H,30,33). The Kier molecular flexibility index (Phi) is 6.32. The van der Waals surface area contributed by atoms with Crippen LogP contribution >= 0.6 is 0 Å². The third-order valence-electron chi connectivity index (χ3n) is 6.38. The van der Waals surface area contributed by atoms with Crippen molar-refractivity contribution in [1.82, 2.24) is 15.3 Å². The van der Waals surface area contributed by atoms with Crippen LogP contribution in [0.1, 0.15) is 69.1 Å². The van der Waals surface area contributed by atoms with Gasteiger partial charge >= 0.3 is 6.09 Å². The SMILES string of the molecule is CC1CC(NC(=O)OC(C)(C)C)CN(c2ccncc2NC(=O)c2ccc3cc(C4CC4)oc3n2)C1. The molecule has 2 aliphatic rings. The van der Waals surface area contributed by atoms with E-state index >= 15 is 0 Å². The molecule has 2 fully saturated rings. The van der Waals surface area contributed by atoms with Crippen LogP contribution in [0, 0.1) is 5.92 Å². The maximum Gasteiger partial charge on any atom is 0.407 e. The highest BCUT2D eigenvalue weighted by molar-refractivity contribution is 6.05. The Morgan fingerprint density at radius 3 is 2.72 bits per heavy atom. The molecule has 9 heteroatoms. The molecule has 2 amide bonds. The number of pyridine rings is 2. The van der Waals surface area contributed by atoms with Crippen LogP contribution in [0.25, 0.3) is 11.1 Å². The number of rotatable bonds is 5. The van der Waals surface area contributed by atoms with Crippen LogP contribution in [-0.4, -0.2) is 46.7 Å². The van der Waals surface area contributed by atoms with Gasteiger partial charge in [0.15, 0.2) is 0 Å². The molecule has 2 N–H and O–H groups in total. The quantitative estimate of drug-likeness (QED) is 0.511. The first kappa shape index (κ1) is 24.1. The molecule has 1 saturated carbocycles. The van der Waals surface area contributed by atoms with Crippen molar-refractivity contribution in [3.05, 3.63) is 48.1 Å². The molecule has 0 radical (unpaired) electrons. The van der Waals surface area contributed by atoms with Crippen molar-refractivity contribution >= 4 is 34.5 Å². The van der Waals surface area contributed by atoms with Gasteiger partial charge in [-0.1, -0.05) is 6.92 Å². The Hall–Kier alpha value is -3.62. The second kappa shape index (κ2) is 9.44. The van der Waals surface area contributed by atoms with E-state index in [9.17, 15) is 9.59 Å². The number of hydrogen-bond acceptors (Lipinski definition) is 7. The first-order chi connectivity index (χ1) is 17.1. The molecule has 5 rings (SSSR count). The lowest BCUT2D eigenvalue weighted by molar-refractivity contribution is 0.0495. The fraction of sp³-hybridized carbons (Fsp3) is 0.481. The fourth-order valence-corrected chi connectivity index (χ4v) is 4.71. The zero-order chi connectivity index (χ0) is 25.4. The van der Waals surface area contributed by atoms with Gasteiger partial charge in [0.05, 0.1) is 17.6 Å². The highest BCUT2D eigenvalue weighted by Gasteiger charge is 2.30. The molecule has 0 aromatic carbocycles. The number of alkyl carbamates (subject to hydrolysis) is 1. The summed E-state index contributed by atoms with van der Waals surface area (Å²) in [6, 6.07) is 7.40. The van der Waals surface area contributed by atoms with Crippen LogP contribution in [0.2, 0.25) is 0 Å². The van der Waals surface area contributed by atoms with Crippen molar-refractivity contribution in [2.24, 2.45) is 5.92 Å². The van der Waals surface area contributed by atoms with Gasteiger partial charge in [0.1, 0.15) is 17.1 Å². The molecule has 9 nitrogen and oxygen atoms in total. The van der Waals surface area contributed by atoms with Crippen LogP contribution in [0.4, 0.5) is 16.2 Å². The van der Waals surface area contributed by atoms with Crippen molar-refractivity contribution in [3.63, 3.8) is 0 Å². The summed E-state index contributed by atoms with van der Waals surface area (Å²) in [6.07, 6.45) is 6.04. The molecule has 1 aliphatic carbocycles. The number of piperidine rings is 1. The molecule has 1 aliphatic heterocycles. The van der Waals surface area contributed by atoms with Gasteiger partial charge in [0.25, 0.3) is 5.91 Å². The van der Waals surface area contributed by atoms with E-state index in [0.29, 0.717) is 29.8 Å². The van der Waals surface area contributed by atoms with E-state index in [4.69, 9.17) is 9.15 Å². The van der Waals surface area contributed by atoms with Crippen molar-refractivity contribution < 1.29 is 18.7 Å². The minimum absolute atomic E-state index is 0.0796. The second-order valence-corrected chi connectivity index (χ2v) is 10.9. The lowest BCUT2D eigenvalue weighted by Crippen LogP contribution is -2.51. The molecule has 0 bridgehead atoms. The number of aromatic nitrogens is 2. The first-order valence-corrected chi connectivity index (χ1v) is 12.5. The van der Waals surface area contributed by atoms with Crippen molar-refractivity contribution in [1.29, 1.82) is 0 Å². The van der Waals surface area contributed by atoms with E-state index in [-0.39, 0.29) is 17.6 Å². The molecule has 190 valence electrons. The summed E-state index contributed by atoms with van der Waals surface area (Å²) >= 11 is 0. The average molecular weight is 492 g/mol. The van der Waals surface area contributed by atoms with Crippen LogP contribution in [0.15, 0.2) is 41.1 Å². The van der Waals surface area contributed by atoms with Gasteiger partial charge in [0.2, 0.25) is 5.71 Å². The summed E-state index contributed by atoms with van der Waals surface area (Å²) < 4.78 is 11.3. The molecular weight excluding hydrogens is 458 g/mol. The van der Waals surface area contributed by atoms with Gasteiger partial charge in [-0.05, 0) is 70.2 Å². The Balaban J connectivity index is 1.31. The van der Waals surface area contributed by atoms with E-state index in [1.807, 2.05) is 39.0 Å². The van der Waals surface area contributed by atoms with Gasteiger partial charge in [-0.15, -0.1) is 0 Å². The normalized spacial score (nSPS) is 20.3. The predicted octanol–water partition coefficient (Wildman–Crippen LogP) is 5.09. The minimum Gasteiger partial charge on any atom is -0.444 e. The summed E-state index contributed by atoms with van der Waals surface area (Å²) in [7, 11) is 0. The summed E-state index contributed by atoms with van der Waals surface area (Å²) in [4.78, 5) is 36.3. The topological polar surface area (TPSA) is 110 Å². The summed E-state index contributed by atoms with van der Waals surface area (Å²) in [5, 5.41) is 6.87. The van der Waals surface area contributed by atoms with E-state index < -0.39 is 11.7 Å². The van der Waals surface area contributed by atoms with Crippen molar-refractivity contribution in [2.45, 2.75) is 64.5 Å². The smallest absolute Gasteiger partial charge is 0.407 e. The van der Waals surface area contributed by atoms with Crippen molar-refractivity contribution in [3.8, 4) is 0 Å². The number of furan rings is 1. The number of hydrogen-bond donors (Lipinski definition) is 2. The molecule has 1 saturated heterocycles. The van der Waals surface area contributed by atoms with E-state index in [2.05, 4.69) is 32.4 Å². The third kappa shape index (κ3) is 5.61. The molecular formula is C27H33N5O4. The van der Waals surface area contributed by atoms with Crippen LogP contribution in [0.5, 0.6) is 0 Å². The van der Waals surface area contributed by atoms with Crippen LogP contribution in [-0.2, 0) is 4.74 Å². The Bertz CT molecular complexity index is 1280. The zero-order valence-electron chi connectivity index (χ0n) is 21.2. The Morgan fingerprint density at radius 1 is 1.17 bits per heavy atom. The second-order valence-electron chi connectivity index (χ2n) is 10.9. The number of nitrogens with zero attached hydrogens (tertiary/aromatic N) is 3. The number of nitrogens with one attached hydrogen (secondary N) is 2. The van der Waals surface area contributed by atoms with Gasteiger partial charge in [-0.25, -0.2) is 9.78 Å². The minimum atomic E-state index is -0.557. The highest BCUT2D eigenvalue weighted by Crippen LogP contribution is 2.42. The molecule has 36 heavy (non-hydrogen) atoms. The van der Waals surface area contributed by atoms with Gasteiger partial charge in [-0.3, -0.25) is 9.78 Å². The van der Waals surface area contributed by atoms with Gasteiger partial charge < -0.3 is 24.7 Å². The largest absolute Gasteiger partial charge is 0.444 e. The Labute approximate surface area is 210 Å². The number of fused-ring (bicyclic) bond motifs is 1. The third-order valence-corrected chi connectivity index (χ3v) is 6.38. The molecule has 4 heterocycles. The lowest BCUT2D eigenvalue weighted by atomic mass is 9.95. The molecule has 3 aromatic rings. The number of amides is 2.